The number of hydrogen-bond acceptors (Lipinski definition) is 2. The van der Waals surface area contributed by atoms with E-state index in [2.05, 4.69) is 0 Å². The normalized spacial score (nSPS) is 30.9. The van der Waals surface area contributed by atoms with Gasteiger partial charge in [0.25, 0.3) is 0 Å². The molecule has 0 aromatic carbocycles. The Labute approximate surface area is 84.4 Å². The molecule has 2 unspecified atom stereocenters. The van der Waals surface area contributed by atoms with E-state index in [9.17, 15) is 0 Å². The molecule has 0 spiro atoms. The van der Waals surface area contributed by atoms with Crippen molar-refractivity contribution in [1.29, 1.82) is 0 Å². The summed E-state index contributed by atoms with van der Waals surface area (Å²) in [6.45, 7) is 0. The Kier molecular flexibility index (Phi) is 8.66. The van der Waals surface area contributed by atoms with E-state index in [0.717, 1.165) is 12.8 Å². The van der Waals surface area contributed by atoms with Crippen LogP contribution in [0.15, 0.2) is 0 Å². The fourth-order valence-electron chi connectivity index (χ4n) is 1.19. The molecule has 0 saturated heterocycles. The molecule has 2 nitrogen and oxygen atoms in total. The monoisotopic (exact) mass is 379 g/mol. The van der Waals surface area contributed by atoms with Crippen molar-refractivity contribution >= 4 is 18.8 Å². The first kappa shape index (κ1) is 12.2. The van der Waals surface area contributed by atoms with Gasteiger partial charge in [-0.25, -0.2) is 0 Å². The van der Waals surface area contributed by atoms with E-state index in [1.54, 1.807) is 0 Å². The second kappa shape index (κ2) is 7.82. The summed E-state index contributed by atoms with van der Waals surface area (Å²) in [4.78, 5) is 0. The Morgan fingerprint density at radius 3 is 1.45 bits per heavy atom. The fourth-order valence-corrected chi connectivity index (χ4v) is 1.19. The predicted octanol–water partition coefficient (Wildman–Crippen LogP) is 1.59. The zero-order valence-electron chi connectivity index (χ0n) is 6.21. The second-order valence-electron chi connectivity index (χ2n) is 2.66. The first-order chi connectivity index (χ1) is 5.22. The third-order valence-electron chi connectivity index (χ3n) is 1.87. The maximum absolute atomic E-state index is 5.65. The van der Waals surface area contributed by atoms with Crippen LogP contribution in [0.25, 0.3) is 0 Å². The van der Waals surface area contributed by atoms with Crippen molar-refractivity contribution in [2.24, 2.45) is 11.5 Å². The van der Waals surface area contributed by atoms with Crippen molar-refractivity contribution in [3.63, 3.8) is 0 Å². The van der Waals surface area contributed by atoms with Crippen LogP contribution in [0.5, 0.6) is 0 Å². The average Bonchev–Trinajstić information content (AvgIpc) is 1.97. The van der Waals surface area contributed by atoms with Gasteiger partial charge in [-0.05, 0) is 12.8 Å². The Hall–Kier alpha value is 1.19. The molecule has 70 valence electrons. The molecule has 1 aliphatic carbocycles. The van der Waals surface area contributed by atoms with Crippen LogP contribution in [0.4, 0.5) is 0 Å². The zero-order chi connectivity index (χ0) is 8.69. The van der Waals surface area contributed by atoms with Gasteiger partial charge in [-0.3, -0.25) is 0 Å². The molecule has 11 heavy (non-hydrogen) atoms. The van der Waals surface area contributed by atoms with Crippen LogP contribution in [-0.4, -0.2) is 12.1 Å². The molecule has 0 aromatic heterocycles. The summed E-state index contributed by atoms with van der Waals surface area (Å²) in [5.74, 6) is 0. The third kappa shape index (κ3) is 6.36. The first-order valence-corrected chi connectivity index (χ1v) is 9.19. The van der Waals surface area contributed by atoms with Gasteiger partial charge >= 0.3 is 35.3 Å². The molecular weight excluding hydrogens is 366 g/mol. The van der Waals surface area contributed by atoms with Crippen LogP contribution in [0.3, 0.4) is 0 Å². The van der Waals surface area contributed by atoms with E-state index < -0.39 is 16.5 Å². The van der Waals surface area contributed by atoms with E-state index >= 15 is 0 Å². The van der Waals surface area contributed by atoms with Crippen LogP contribution < -0.4 is 11.5 Å². The minimum atomic E-state index is -0.472. The van der Waals surface area contributed by atoms with Gasteiger partial charge in [0.05, 0.1) is 0 Å². The molecule has 5 heteroatoms. The Balaban J connectivity index is 0.000000292. The SMILES string of the molecule is NC1CCCCC1N.[Cl][Pt+2][Cl]. The molecule has 0 heterocycles. The summed E-state index contributed by atoms with van der Waals surface area (Å²) in [6.07, 6.45) is 4.80. The Bertz CT molecular complexity index is 84.7. The number of rotatable bonds is 0. The van der Waals surface area contributed by atoms with Crippen LogP contribution in [0, 0.1) is 0 Å². The fraction of sp³-hybridized carbons (Fsp3) is 1.00. The molecule has 0 aromatic rings. The molecule has 1 rings (SSSR count). The molecule has 1 saturated carbocycles. The van der Waals surface area contributed by atoms with Gasteiger partial charge in [0, 0.05) is 12.1 Å². The van der Waals surface area contributed by atoms with Crippen molar-refractivity contribution in [2.45, 2.75) is 37.8 Å². The topological polar surface area (TPSA) is 52.0 Å². The van der Waals surface area contributed by atoms with Gasteiger partial charge in [0.2, 0.25) is 0 Å². The quantitative estimate of drug-likeness (QED) is 0.671. The molecule has 1 fully saturated rings. The standard InChI is InChI=1S/C6H14N2.2ClH.Pt/c7-5-3-1-2-4-6(5)8;;;/h5-6H,1-4,7-8H2;2*1H;/q;;;+4/p-2. The van der Waals surface area contributed by atoms with Crippen LogP contribution in [0.1, 0.15) is 25.7 Å². The molecule has 0 radical (unpaired) electrons. The molecular formula is C6H14Cl2N2Pt+2. The van der Waals surface area contributed by atoms with Crippen molar-refractivity contribution in [3.05, 3.63) is 0 Å². The first-order valence-electron chi connectivity index (χ1n) is 3.56. The van der Waals surface area contributed by atoms with E-state index in [1.807, 2.05) is 0 Å². The summed E-state index contributed by atoms with van der Waals surface area (Å²) >= 11 is -0.472. The van der Waals surface area contributed by atoms with Gasteiger partial charge in [0.1, 0.15) is 0 Å². The summed E-state index contributed by atoms with van der Waals surface area (Å²) in [5, 5.41) is 0. The predicted molar refractivity (Wildman–Crippen MR) is 46.1 cm³/mol. The Morgan fingerprint density at radius 1 is 1.00 bits per heavy atom. The molecule has 0 amide bonds. The van der Waals surface area contributed by atoms with Gasteiger partial charge in [0.15, 0.2) is 0 Å². The van der Waals surface area contributed by atoms with Crippen molar-refractivity contribution in [2.75, 3.05) is 0 Å². The van der Waals surface area contributed by atoms with Crippen molar-refractivity contribution in [3.8, 4) is 0 Å². The van der Waals surface area contributed by atoms with E-state index in [0.29, 0.717) is 0 Å². The Morgan fingerprint density at radius 2 is 1.27 bits per heavy atom. The summed E-state index contributed by atoms with van der Waals surface area (Å²) in [5.41, 5.74) is 11.3. The molecule has 2 atom stereocenters. The average molecular weight is 380 g/mol. The number of hydrogen-bond donors (Lipinski definition) is 2. The van der Waals surface area contributed by atoms with Gasteiger partial charge in [-0.1, -0.05) is 12.8 Å². The molecule has 0 aliphatic heterocycles. The second-order valence-corrected chi connectivity index (χ2v) is 5.94. The molecule has 4 N–H and O–H groups in total. The third-order valence-corrected chi connectivity index (χ3v) is 1.87. The summed E-state index contributed by atoms with van der Waals surface area (Å²) in [6, 6.07) is 0.562. The van der Waals surface area contributed by atoms with Gasteiger partial charge in [-0.2, -0.15) is 0 Å². The van der Waals surface area contributed by atoms with Gasteiger partial charge in [-0.15, -0.1) is 0 Å². The molecule has 0 bridgehead atoms. The van der Waals surface area contributed by atoms with Crippen LogP contribution in [-0.2, 0) is 16.5 Å². The van der Waals surface area contributed by atoms with Crippen LogP contribution in [0.2, 0.25) is 0 Å². The summed E-state index contributed by atoms with van der Waals surface area (Å²) in [7, 11) is 9.75. The van der Waals surface area contributed by atoms with Crippen molar-refractivity contribution < 1.29 is 16.5 Å². The van der Waals surface area contributed by atoms with Crippen molar-refractivity contribution in [1.82, 2.24) is 0 Å². The van der Waals surface area contributed by atoms with E-state index in [4.69, 9.17) is 30.3 Å². The van der Waals surface area contributed by atoms with E-state index in [1.165, 1.54) is 12.8 Å². The molecule has 1 aliphatic rings. The van der Waals surface area contributed by atoms with E-state index in [-0.39, 0.29) is 12.1 Å². The van der Waals surface area contributed by atoms with Crippen LogP contribution >= 0.6 is 18.8 Å². The minimum absolute atomic E-state index is 0.281. The van der Waals surface area contributed by atoms with Gasteiger partial charge < -0.3 is 11.5 Å². The summed E-state index contributed by atoms with van der Waals surface area (Å²) < 4.78 is 0. The number of halogens is 2. The maximum atomic E-state index is 5.65. The number of nitrogens with two attached hydrogens (primary N) is 2. The zero-order valence-corrected chi connectivity index (χ0v) is 9.99.